The fourth-order valence-corrected chi connectivity index (χ4v) is 7.11. The SMILES string of the molecule is COc1cc2cc(c1C)N(C)C(=O)C[C@H](OC(=O)[C@H](C)N(C)C(=O)CCC(C)S)[C@]1(C)O[C@H]1[C@H](C)C1C[C@@](O)(NC(=O)O1)[C@H](OC)/C=C/C=C(\C)C2. The Kier molecular flexibility index (Phi) is 13.2. The Balaban J connectivity index is 1.75. The van der Waals surface area contributed by atoms with E-state index < -0.39 is 59.8 Å². The predicted octanol–water partition coefficient (Wildman–Crippen LogP) is 4.27. The van der Waals surface area contributed by atoms with E-state index in [9.17, 15) is 24.3 Å². The minimum Gasteiger partial charge on any atom is -0.496 e. The second-order valence-electron chi connectivity index (χ2n) is 14.6. The number of amides is 3. The molecule has 3 aliphatic rings. The molecule has 1 aromatic carbocycles. The average Bonchev–Trinajstić information content (AvgIpc) is 3.79. The van der Waals surface area contributed by atoms with E-state index in [0.29, 0.717) is 24.3 Å². The van der Waals surface area contributed by atoms with Crippen LogP contribution in [0.2, 0.25) is 0 Å². The standard InChI is InChI=1S/C38H55N3O10S/c1-21-12-11-13-30(48-10)38(46)20-29(49-36(45)39-38)24(4)34-37(6,51-34)31(50-35(44)25(5)40(7)32(42)15-14-22(2)52)19-33(43)41(8)27-17-26(16-21)18-28(47-9)23(27)3/h11-13,17-18,22,24-25,29-31,34,46,52H,14-16,19-20H2,1-10H3,(H,39,45)/b13-11+,21-12+/t22?,24-,25+,29?,30-,31+,34+,37+,38+/m1/s1. The summed E-state index contributed by atoms with van der Waals surface area (Å²) in [6.07, 6.45) is 2.04. The number of anilines is 1. The molecule has 0 saturated carbocycles. The number of nitrogens with zero attached hydrogens (tertiary/aromatic N) is 2. The third kappa shape index (κ3) is 9.12. The van der Waals surface area contributed by atoms with E-state index in [4.69, 9.17) is 23.7 Å². The molecule has 52 heavy (non-hydrogen) atoms. The topological polar surface area (TPSA) is 156 Å². The van der Waals surface area contributed by atoms with E-state index in [-0.39, 0.29) is 36.3 Å². The minimum absolute atomic E-state index is 0.0157. The molecule has 4 rings (SSSR count). The van der Waals surface area contributed by atoms with Gasteiger partial charge in [0.2, 0.25) is 11.8 Å². The largest absolute Gasteiger partial charge is 0.496 e. The lowest BCUT2D eigenvalue weighted by Gasteiger charge is -2.42. The Morgan fingerprint density at radius 1 is 1.21 bits per heavy atom. The predicted molar refractivity (Wildman–Crippen MR) is 198 cm³/mol. The minimum atomic E-state index is -1.81. The zero-order valence-corrected chi connectivity index (χ0v) is 32.8. The van der Waals surface area contributed by atoms with Crippen molar-refractivity contribution in [2.45, 2.75) is 121 Å². The molecule has 288 valence electrons. The Morgan fingerprint density at radius 3 is 2.54 bits per heavy atom. The van der Waals surface area contributed by atoms with Crippen molar-refractivity contribution in [3.05, 3.63) is 47.1 Å². The first kappa shape index (κ1) is 41.2. The maximum absolute atomic E-state index is 14.2. The van der Waals surface area contributed by atoms with E-state index >= 15 is 0 Å². The highest BCUT2D eigenvalue weighted by molar-refractivity contribution is 7.80. The molecule has 3 aliphatic heterocycles. The number of hydrogen-bond acceptors (Lipinski definition) is 11. The maximum atomic E-state index is 14.2. The number of benzene rings is 1. The summed E-state index contributed by atoms with van der Waals surface area (Å²) in [5.41, 5.74) is 0.259. The van der Waals surface area contributed by atoms with Gasteiger partial charge in [-0.1, -0.05) is 37.6 Å². The second kappa shape index (κ2) is 16.6. The summed E-state index contributed by atoms with van der Waals surface area (Å²) >= 11 is 4.35. The highest BCUT2D eigenvalue weighted by Crippen LogP contribution is 2.49. The molecule has 9 atom stereocenters. The number of thiol groups is 1. The lowest BCUT2D eigenvalue weighted by Crippen LogP contribution is -2.63. The van der Waals surface area contributed by atoms with Crippen LogP contribution in [-0.4, -0.2) is 109 Å². The van der Waals surface area contributed by atoms with Crippen LogP contribution >= 0.6 is 12.6 Å². The van der Waals surface area contributed by atoms with Crippen molar-refractivity contribution in [3.63, 3.8) is 0 Å². The molecule has 0 aromatic heterocycles. The van der Waals surface area contributed by atoms with E-state index in [1.54, 1.807) is 40.2 Å². The highest BCUT2D eigenvalue weighted by Gasteiger charge is 2.64. The third-order valence-electron chi connectivity index (χ3n) is 10.6. The molecule has 0 radical (unpaired) electrons. The Bertz CT molecular complexity index is 1580. The number of aliphatic hydroxyl groups is 1. The van der Waals surface area contributed by atoms with Gasteiger partial charge in [0, 0.05) is 45.5 Å². The summed E-state index contributed by atoms with van der Waals surface area (Å²) in [7, 11) is 6.22. The molecular formula is C38H55N3O10S. The summed E-state index contributed by atoms with van der Waals surface area (Å²) in [5.74, 6) is -1.18. The number of likely N-dealkylation sites (N-methyl/N-ethyl adjacent to an activating group) is 1. The van der Waals surface area contributed by atoms with Gasteiger partial charge in [0.15, 0.2) is 5.72 Å². The molecule has 4 bridgehead atoms. The molecule has 2 fully saturated rings. The number of ether oxygens (including phenoxy) is 5. The van der Waals surface area contributed by atoms with Gasteiger partial charge in [-0.15, -0.1) is 0 Å². The highest BCUT2D eigenvalue weighted by atomic mass is 32.1. The number of allylic oxidation sites excluding steroid dienone is 3. The quantitative estimate of drug-likeness (QED) is 0.200. The van der Waals surface area contributed by atoms with Gasteiger partial charge < -0.3 is 38.6 Å². The van der Waals surface area contributed by atoms with Crippen LogP contribution in [0.1, 0.15) is 71.4 Å². The fraction of sp³-hybridized carbons (Fsp3) is 0.632. The van der Waals surface area contributed by atoms with E-state index in [2.05, 4.69) is 17.9 Å². The van der Waals surface area contributed by atoms with Crippen molar-refractivity contribution >= 4 is 42.2 Å². The zero-order chi connectivity index (χ0) is 38.7. The molecular weight excluding hydrogens is 690 g/mol. The molecule has 3 heterocycles. The summed E-state index contributed by atoms with van der Waals surface area (Å²) in [6.45, 7) is 10.9. The second-order valence-corrected chi connectivity index (χ2v) is 15.5. The van der Waals surface area contributed by atoms with Crippen LogP contribution in [-0.2, 0) is 39.8 Å². The smallest absolute Gasteiger partial charge is 0.409 e. The van der Waals surface area contributed by atoms with Gasteiger partial charge in [-0.05, 0) is 63.5 Å². The average molecular weight is 746 g/mol. The molecule has 14 heteroatoms. The molecule has 2 saturated heterocycles. The molecule has 1 aromatic rings. The lowest BCUT2D eigenvalue weighted by molar-refractivity contribution is -0.162. The van der Waals surface area contributed by atoms with Crippen molar-refractivity contribution in [1.29, 1.82) is 0 Å². The molecule has 0 spiro atoms. The van der Waals surface area contributed by atoms with E-state index in [0.717, 1.165) is 16.7 Å². The summed E-state index contributed by atoms with van der Waals surface area (Å²) in [5, 5.41) is 14.3. The summed E-state index contributed by atoms with van der Waals surface area (Å²) in [4.78, 5) is 56.5. The van der Waals surface area contributed by atoms with Crippen LogP contribution in [0.5, 0.6) is 5.75 Å². The molecule has 3 amide bonds. The van der Waals surface area contributed by atoms with Crippen LogP contribution < -0.4 is 15.0 Å². The fourth-order valence-electron chi connectivity index (χ4n) is 6.98. The third-order valence-corrected chi connectivity index (χ3v) is 10.9. The van der Waals surface area contributed by atoms with Gasteiger partial charge in [0.05, 0.1) is 25.3 Å². The molecule has 13 nitrogen and oxygen atoms in total. The van der Waals surface area contributed by atoms with Crippen molar-refractivity contribution in [3.8, 4) is 5.75 Å². The summed E-state index contributed by atoms with van der Waals surface area (Å²) < 4.78 is 29.4. The monoisotopic (exact) mass is 745 g/mol. The van der Waals surface area contributed by atoms with Crippen LogP contribution in [0.15, 0.2) is 35.9 Å². The first-order chi connectivity index (χ1) is 24.3. The van der Waals surface area contributed by atoms with E-state index in [1.807, 2.05) is 45.9 Å². The molecule has 2 unspecified atom stereocenters. The number of epoxide rings is 1. The van der Waals surface area contributed by atoms with Gasteiger partial charge in [0.1, 0.15) is 35.7 Å². The Morgan fingerprint density at radius 2 is 1.90 bits per heavy atom. The Labute approximate surface area is 312 Å². The van der Waals surface area contributed by atoms with Crippen LogP contribution in [0.25, 0.3) is 0 Å². The normalized spacial score (nSPS) is 32.2. The number of alkyl carbamates (subject to hydrolysis) is 1. The van der Waals surface area contributed by atoms with Gasteiger partial charge in [-0.2, -0.15) is 12.6 Å². The number of esters is 1. The number of fused-ring (bicyclic) bond motifs is 5. The van der Waals surface area contributed by atoms with Gasteiger partial charge in [-0.3, -0.25) is 14.9 Å². The number of carbonyl (C=O) groups excluding carboxylic acids is 4. The maximum Gasteiger partial charge on any atom is 0.409 e. The van der Waals surface area contributed by atoms with Crippen LogP contribution in [0.3, 0.4) is 0 Å². The number of hydrogen-bond donors (Lipinski definition) is 3. The van der Waals surface area contributed by atoms with Crippen molar-refractivity contribution in [2.75, 3.05) is 33.2 Å². The van der Waals surface area contributed by atoms with Gasteiger partial charge >= 0.3 is 12.1 Å². The van der Waals surface area contributed by atoms with Gasteiger partial charge in [0.25, 0.3) is 0 Å². The molecule has 0 aliphatic carbocycles. The Hall–Kier alpha value is -3.59. The lowest BCUT2D eigenvalue weighted by atomic mass is 9.83. The first-order valence-corrected chi connectivity index (χ1v) is 18.2. The van der Waals surface area contributed by atoms with Gasteiger partial charge in [-0.25, -0.2) is 9.59 Å². The number of methoxy groups -OCH3 is 2. The zero-order valence-electron chi connectivity index (χ0n) is 31.9. The number of rotatable bonds is 8. The summed E-state index contributed by atoms with van der Waals surface area (Å²) in [6, 6.07) is 2.90. The first-order valence-electron chi connectivity index (χ1n) is 17.7. The van der Waals surface area contributed by atoms with Crippen molar-refractivity contribution in [1.82, 2.24) is 10.2 Å². The van der Waals surface area contributed by atoms with E-state index in [1.165, 1.54) is 24.0 Å². The molecule has 2 N–H and O–H groups in total. The van der Waals surface area contributed by atoms with Crippen LogP contribution in [0, 0.1) is 12.8 Å². The number of carbonyl (C=O) groups is 4. The van der Waals surface area contributed by atoms with Crippen LogP contribution in [0.4, 0.5) is 10.5 Å². The van der Waals surface area contributed by atoms with Crippen molar-refractivity contribution in [2.24, 2.45) is 5.92 Å². The number of nitrogens with one attached hydrogen (secondary N) is 1. The van der Waals surface area contributed by atoms with Crippen molar-refractivity contribution < 1.29 is 48.0 Å².